The number of nitrogens with two attached hydrogens (primary N) is 1. The van der Waals surface area contributed by atoms with E-state index in [2.05, 4.69) is 21.4 Å². The SMILES string of the molecule is Cc1c(C(=O)NNC(=O)c2ccccc2Cl)oc2c1/C(=N\NC(N)=O)CC(C)(C)C2. The van der Waals surface area contributed by atoms with Crippen LogP contribution in [0.25, 0.3) is 0 Å². The molecule has 158 valence electrons. The van der Waals surface area contributed by atoms with Crippen molar-refractivity contribution in [1.82, 2.24) is 16.3 Å². The number of hydrazone groups is 1. The summed E-state index contributed by atoms with van der Waals surface area (Å²) in [5.41, 5.74) is 13.8. The van der Waals surface area contributed by atoms with Crippen LogP contribution in [-0.4, -0.2) is 23.6 Å². The highest BCUT2D eigenvalue weighted by atomic mass is 35.5. The molecule has 3 rings (SSSR count). The molecule has 0 atom stereocenters. The molecule has 0 saturated heterocycles. The van der Waals surface area contributed by atoms with E-state index >= 15 is 0 Å². The van der Waals surface area contributed by atoms with Gasteiger partial charge in [-0.3, -0.25) is 20.4 Å². The molecule has 1 aliphatic carbocycles. The van der Waals surface area contributed by atoms with E-state index in [0.717, 1.165) is 0 Å². The predicted octanol–water partition coefficient (Wildman–Crippen LogP) is 2.66. The lowest BCUT2D eigenvalue weighted by Crippen LogP contribution is -2.41. The monoisotopic (exact) mass is 431 g/mol. The number of primary amides is 1. The number of hydrogen-bond donors (Lipinski definition) is 4. The number of amides is 4. The topological polar surface area (TPSA) is 139 Å². The first-order valence-corrected chi connectivity index (χ1v) is 9.57. The molecule has 0 saturated carbocycles. The maximum absolute atomic E-state index is 12.7. The van der Waals surface area contributed by atoms with Gasteiger partial charge in [-0.2, -0.15) is 5.10 Å². The molecule has 0 fully saturated rings. The van der Waals surface area contributed by atoms with Crippen LogP contribution in [0, 0.1) is 12.3 Å². The van der Waals surface area contributed by atoms with Gasteiger partial charge in [-0.1, -0.05) is 37.6 Å². The van der Waals surface area contributed by atoms with Crippen LogP contribution in [-0.2, 0) is 6.42 Å². The maximum Gasteiger partial charge on any atom is 0.332 e. The fourth-order valence-electron chi connectivity index (χ4n) is 3.43. The third-order valence-corrected chi connectivity index (χ3v) is 5.04. The number of rotatable bonds is 3. The lowest BCUT2D eigenvalue weighted by molar-refractivity contribution is 0.0828. The summed E-state index contributed by atoms with van der Waals surface area (Å²) in [5, 5.41) is 4.36. The average molecular weight is 432 g/mol. The second-order valence-corrected chi connectivity index (χ2v) is 8.20. The van der Waals surface area contributed by atoms with E-state index < -0.39 is 17.8 Å². The van der Waals surface area contributed by atoms with Gasteiger partial charge in [0.1, 0.15) is 5.76 Å². The van der Waals surface area contributed by atoms with Gasteiger partial charge in [0.05, 0.1) is 16.3 Å². The van der Waals surface area contributed by atoms with Crippen molar-refractivity contribution in [2.75, 3.05) is 0 Å². The van der Waals surface area contributed by atoms with Crippen LogP contribution in [0.15, 0.2) is 33.8 Å². The Labute approximate surface area is 178 Å². The number of fused-ring (bicyclic) bond motifs is 1. The van der Waals surface area contributed by atoms with Gasteiger partial charge >= 0.3 is 11.9 Å². The van der Waals surface area contributed by atoms with Crippen LogP contribution >= 0.6 is 11.6 Å². The Morgan fingerprint density at radius 1 is 1.13 bits per heavy atom. The molecule has 0 bridgehead atoms. The van der Waals surface area contributed by atoms with Crippen LogP contribution in [0.1, 0.15) is 58.1 Å². The van der Waals surface area contributed by atoms with Crippen LogP contribution in [0.5, 0.6) is 0 Å². The summed E-state index contributed by atoms with van der Waals surface area (Å²) >= 11 is 6.00. The lowest BCUT2D eigenvalue weighted by Gasteiger charge is -2.29. The highest BCUT2D eigenvalue weighted by Gasteiger charge is 2.36. The summed E-state index contributed by atoms with van der Waals surface area (Å²) in [4.78, 5) is 36.0. The van der Waals surface area contributed by atoms with E-state index in [1.54, 1.807) is 25.1 Å². The van der Waals surface area contributed by atoms with Crippen molar-refractivity contribution in [3.8, 4) is 0 Å². The predicted molar refractivity (Wildman–Crippen MR) is 111 cm³/mol. The van der Waals surface area contributed by atoms with Gasteiger partial charge in [-0.25, -0.2) is 10.2 Å². The number of furan rings is 1. The molecule has 0 aliphatic heterocycles. The van der Waals surface area contributed by atoms with Crippen LogP contribution in [0.2, 0.25) is 5.02 Å². The molecule has 1 aromatic heterocycles. The van der Waals surface area contributed by atoms with Crippen LogP contribution in [0.3, 0.4) is 0 Å². The Bertz CT molecular complexity index is 1060. The molecular formula is C20H22ClN5O4. The smallest absolute Gasteiger partial charge is 0.332 e. The van der Waals surface area contributed by atoms with E-state index in [4.69, 9.17) is 21.8 Å². The van der Waals surface area contributed by atoms with E-state index in [1.807, 2.05) is 13.8 Å². The quantitative estimate of drug-likeness (QED) is 0.554. The van der Waals surface area contributed by atoms with Crippen molar-refractivity contribution in [1.29, 1.82) is 0 Å². The molecule has 9 nitrogen and oxygen atoms in total. The summed E-state index contributed by atoms with van der Waals surface area (Å²) < 4.78 is 5.82. The van der Waals surface area contributed by atoms with Crippen molar-refractivity contribution in [3.63, 3.8) is 0 Å². The van der Waals surface area contributed by atoms with Gasteiger partial charge in [0.2, 0.25) is 0 Å². The van der Waals surface area contributed by atoms with Crippen molar-refractivity contribution in [3.05, 3.63) is 57.5 Å². The second kappa shape index (κ2) is 8.19. The summed E-state index contributed by atoms with van der Waals surface area (Å²) in [5.74, 6) is -0.556. The fourth-order valence-corrected chi connectivity index (χ4v) is 3.65. The normalized spacial score (nSPS) is 15.9. The zero-order valence-electron chi connectivity index (χ0n) is 16.8. The molecule has 30 heavy (non-hydrogen) atoms. The first-order valence-electron chi connectivity index (χ1n) is 9.19. The Balaban J connectivity index is 1.83. The molecule has 0 radical (unpaired) electrons. The average Bonchev–Trinajstić information content (AvgIpc) is 2.99. The van der Waals surface area contributed by atoms with Gasteiger partial charge in [0, 0.05) is 17.5 Å². The first-order chi connectivity index (χ1) is 14.1. The minimum absolute atomic E-state index is 0.0453. The van der Waals surface area contributed by atoms with Crippen molar-refractivity contribution in [2.45, 2.75) is 33.6 Å². The number of benzene rings is 1. The molecule has 10 heteroatoms. The zero-order chi connectivity index (χ0) is 22.1. The molecule has 4 amide bonds. The van der Waals surface area contributed by atoms with Gasteiger partial charge in [-0.05, 0) is 30.9 Å². The molecule has 0 unspecified atom stereocenters. The van der Waals surface area contributed by atoms with Crippen molar-refractivity contribution in [2.24, 2.45) is 16.3 Å². The number of carbonyl (C=O) groups excluding carboxylic acids is 3. The summed E-state index contributed by atoms with van der Waals surface area (Å²) in [6, 6.07) is 5.69. The Morgan fingerprint density at radius 3 is 2.47 bits per heavy atom. The van der Waals surface area contributed by atoms with Gasteiger partial charge in [-0.15, -0.1) is 0 Å². The minimum atomic E-state index is -0.783. The molecule has 1 aromatic carbocycles. The minimum Gasteiger partial charge on any atom is -0.455 e. The van der Waals surface area contributed by atoms with Crippen molar-refractivity contribution >= 4 is 35.2 Å². The Hall–Kier alpha value is -3.33. The number of halogens is 1. The van der Waals surface area contributed by atoms with E-state index in [1.165, 1.54) is 6.07 Å². The Morgan fingerprint density at radius 2 is 1.80 bits per heavy atom. The summed E-state index contributed by atoms with van der Waals surface area (Å²) in [6.07, 6.45) is 1.14. The van der Waals surface area contributed by atoms with Gasteiger partial charge < -0.3 is 10.2 Å². The molecule has 1 aliphatic rings. The molecular weight excluding hydrogens is 410 g/mol. The van der Waals surface area contributed by atoms with Crippen LogP contribution < -0.4 is 22.0 Å². The largest absolute Gasteiger partial charge is 0.455 e. The molecule has 2 aromatic rings. The highest BCUT2D eigenvalue weighted by Crippen LogP contribution is 2.38. The van der Waals surface area contributed by atoms with Crippen molar-refractivity contribution < 1.29 is 18.8 Å². The lowest BCUT2D eigenvalue weighted by atomic mass is 9.75. The van der Waals surface area contributed by atoms with E-state index in [9.17, 15) is 14.4 Å². The van der Waals surface area contributed by atoms with Gasteiger partial charge in [0.15, 0.2) is 5.76 Å². The number of carbonyl (C=O) groups is 3. The van der Waals surface area contributed by atoms with Gasteiger partial charge in [0.25, 0.3) is 5.91 Å². The number of urea groups is 1. The van der Waals surface area contributed by atoms with Crippen LogP contribution in [0.4, 0.5) is 4.79 Å². The third-order valence-electron chi connectivity index (χ3n) is 4.71. The van der Waals surface area contributed by atoms with E-state index in [-0.39, 0.29) is 21.8 Å². The zero-order valence-corrected chi connectivity index (χ0v) is 17.5. The van der Waals surface area contributed by atoms with E-state index in [0.29, 0.717) is 35.4 Å². The number of nitrogens with zero attached hydrogens (tertiary/aromatic N) is 1. The molecule has 5 N–H and O–H groups in total. The number of nitrogens with one attached hydrogen (secondary N) is 3. The highest BCUT2D eigenvalue weighted by molar-refractivity contribution is 6.33. The standard InChI is InChI=1S/C20H22ClN5O4/c1-10-15-13(23-26-19(22)29)8-20(2,3)9-14(15)30-16(10)18(28)25-24-17(27)11-6-4-5-7-12(11)21/h4-7H,8-9H2,1-3H3,(H,24,27)(H,25,28)(H3,22,26,29)/b23-13-. The Kier molecular flexibility index (Phi) is 5.84. The maximum atomic E-state index is 12.7. The number of hydrazine groups is 1. The third kappa shape index (κ3) is 4.46. The summed E-state index contributed by atoms with van der Waals surface area (Å²) in [6.45, 7) is 5.76. The molecule has 1 heterocycles. The first kappa shape index (κ1) is 21.4. The fraction of sp³-hybridized carbons (Fsp3) is 0.300. The second-order valence-electron chi connectivity index (χ2n) is 7.79. The number of hydrogen-bond acceptors (Lipinski definition) is 5. The molecule has 0 spiro atoms. The summed E-state index contributed by atoms with van der Waals surface area (Å²) in [7, 11) is 0.